The Morgan fingerprint density at radius 3 is 2.57 bits per heavy atom. The van der Waals surface area contributed by atoms with Gasteiger partial charge >= 0.3 is 0 Å². The van der Waals surface area contributed by atoms with E-state index in [0.29, 0.717) is 18.3 Å². The molecular formula is C24H19N3O2S. The van der Waals surface area contributed by atoms with Crippen molar-refractivity contribution in [2.24, 2.45) is 0 Å². The molecule has 0 spiro atoms. The normalized spacial score (nSPS) is 13.0. The Hall–Kier alpha value is -3.38. The van der Waals surface area contributed by atoms with E-state index in [4.69, 9.17) is 4.52 Å². The topological polar surface area (TPSA) is 59.2 Å². The molecule has 0 saturated carbocycles. The van der Waals surface area contributed by atoms with Crippen molar-refractivity contribution < 1.29 is 9.32 Å². The summed E-state index contributed by atoms with van der Waals surface area (Å²) < 4.78 is 5.47. The molecule has 2 heterocycles. The first-order valence-electron chi connectivity index (χ1n) is 9.87. The van der Waals surface area contributed by atoms with Crippen LogP contribution in [0.15, 0.2) is 87.1 Å². The molecule has 0 fully saturated rings. The minimum Gasteiger partial charge on any atom is -0.334 e. The molecule has 0 saturated heterocycles. The van der Waals surface area contributed by atoms with Crippen molar-refractivity contribution in [3.8, 4) is 22.8 Å². The first-order valence-corrected chi connectivity index (χ1v) is 10.7. The molecule has 1 aromatic heterocycles. The van der Waals surface area contributed by atoms with Gasteiger partial charge in [0.25, 0.3) is 11.8 Å². The molecule has 1 aliphatic heterocycles. The van der Waals surface area contributed by atoms with E-state index in [-0.39, 0.29) is 5.91 Å². The van der Waals surface area contributed by atoms with Crippen molar-refractivity contribution in [2.45, 2.75) is 23.1 Å². The van der Waals surface area contributed by atoms with Gasteiger partial charge in [0.1, 0.15) is 0 Å². The molecule has 5 nitrogen and oxygen atoms in total. The van der Waals surface area contributed by atoms with Crippen LogP contribution >= 0.6 is 11.8 Å². The monoisotopic (exact) mass is 413 g/mol. The van der Waals surface area contributed by atoms with Gasteiger partial charge in [-0.05, 0) is 48.9 Å². The molecule has 5 rings (SSSR count). The number of benzene rings is 3. The van der Waals surface area contributed by atoms with Gasteiger partial charge < -0.3 is 9.42 Å². The van der Waals surface area contributed by atoms with Gasteiger partial charge in [0.15, 0.2) is 0 Å². The van der Waals surface area contributed by atoms with Crippen LogP contribution in [0.4, 0.5) is 5.69 Å². The summed E-state index contributed by atoms with van der Waals surface area (Å²) in [6, 6.07) is 23.4. The zero-order valence-electron chi connectivity index (χ0n) is 16.4. The lowest BCUT2D eigenvalue weighted by Gasteiger charge is -2.22. The van der Waals surface area contributed by atoms with Crippen LogP contribution in [-0.2, 0) is 0 Å². The fraction of sp³-hybridized carbons (Fsp3) is 0.125. The first-order chi connectivity index (χ1) is 14.7. The summed E-state index contributed by atoms with van der Waals surface area (Å²) >= 11 is 1.60. The van der Waals surface area contributed by atoms with Crippen LogP contribution in [0.5, 0.6) is 0 Å². The Kier molecular flexibility index (Phi) is 4.85. The Bertz CT molecular complexity index is 1220. The van der Waals surface area contributed by atoms with E-state index in [9.17, 15) is 4.79 Å². The summed E-state index contributed by atoms with van der Waals surface area (Å²) in [7, 11) is 0. The lowest BCUT2D eigenvalue weighted by Crippen LogP contribution is -2.31. The number of carbonyl (C=O) groups excluding carboxylic acids is 1. The number of anilines is 1. The van der Waals surface area contributed by atoms with E-state index in [1.54, 1.807) is 11.8 Å². The molecule has 0 atom stereocenters. The number of hydrogen-bond donors (Lipinski definition) is 0. The second-order valence-electron chi connectivity index (χ2n) is 7.03. The molecule has 148 valence electrons. The zero-order chi connectivity index (χ0) is 20.5. The van der Waals surface area contributed by atoms with Crippen molar-refractivity contribution in [1.29, 1.82) is 0 Å². The number of hydrogen-bond acceptors (Lipinski definition) is 5. The van der Waals surface area contributed by atoms with Gasteiger partial charge in [-0.3, -0.25) is 4.79 Å². The largest absolute Gasteiger partial charge is 0.334 e. The van der Waals surface area contributed by atoms with Crippen LogP contribution in [-0.4, -0.2) is 22.6 Å². The SMILES string of the molecule is CCCN1C(=O)c2ccccc2Sc2cc(-c3noc(-c4ccccc4)n3)ccc21. The van der Waals surface area contributed by atoms with E-state index in [0.717, 1.165) is 38.6 Å². The van der Waals surface area contributed by atoms with Crippen molar-refractivity contribution in [3.05, 3.63) is 78.4 Å². The number of fused-ring (bicyclic) bond motifs is 2. The molecule has 1 aliphatic rings. The third kappa shape index (κ3) is 3.29. The van der Waals surface area contributed by atoms with Crippen LogP contribution < -0.4 is 4.90 Å². The maximum atomic E-state index is 13.2. The quantitative estimate of drug-likeness (QED) is 0.415. The summed E-state index contributed by atoms with van der Waals surface area (Å²) in [6.07, 6.45) is 0.880. The molecule has 0 bridgehead atoms. The number of amides is 1. The summed E-state index contributed by atoms with van der Waals surface area (Å²) in [5.74, 6) is 1.06. The van der Waals surface area contributed by atoms with Gasteiger partial charge in [-0.25, -0.2) is 0 Å². The Morgan fingerprint density at radius 1 is 0.933 bits per heavy atom. The van der Waals surface area contributed by atoms with Crippen molar-refractivity contribution in [3.63, 3.8) is 0 Å². The predicted molar refractivity (Wildman–Crippen MR) is 118 cm³/mol. The highest BCUT2D eigenvalue weighted by Gasteiger charge is 2.27. The first kappa shape index (κ1) is 18.6. The van der Waals surface area contributed by atoms with Crippen LogP contribution in [0.2, 0.25) is 0 Å². The molecule has 3 aromatic carbocycles. The minimum atomic E-state index is 0.0392. The van der Waals surface area contributed by atoms with Crippen LogP contribution in [0.1, 0.15) is 23.7 Å². The lowest BCUT2D eigenvalue weighted by atomic mass is 10.1. The average Bonchev–Trinajstić information content (AvgIpc) is 3.25. The van der Waals surface area contributed by atoms with Crippen molar-refractivity contribution >= 4 is 23.4 Å². The van der Waals surface area contributed by atoms with E-state index < -0.39 is 0 Å². The third-order valence-electron chi connectivity index (χ3n) is 4.99. The molecule has 0 radical (unpaired) electrons. The molecule has 0 N–H and O–H groups in total. The summed E-state index contributed by atoms with van der Waals surface area (Å²) in [4.78, 5) is 21.6. The second-order valence-corrected chi connectivity index (χ2v) is 8.11. The summed E-state index contributed by atoms with van der Waals surface area (Å²) in [5, 5.41) is 4.17. The van der Waals surface area contributed by atoms with Gasteiger partial charge in [0.05, 0.1) is 11.3 Å². The molecular weight excluding hydrogens is 394 g/mol. The van der Waals surface area contributed by atoms with Crippen LogP contribution in [0.3, 0.4) is 0 Å². The summed E-state index contributed by atoms with van der Waals surface area (Å²) in [5.41, 5.74) is 3.39. The van der Waals surface area contributed by atoms with E-state index >= 15 is 0 Å². The number of aromatic nitrogens is 2. The van der Waals surface area contributed by atoms with E-state index in [1.165, 1.54) is 0 Å². The van der Waals surface area contributed by atoms with Crippen LogP contribution in [0.25, 0.3) is 22.8 Å². The Morgan fingerprint density at radius 2 is 1.73 bits per heavy atom. The van der Waals surface area contributed by atoms with Gasteiger partial charge in [0, 0.05) is 27.5 Å². The van der Waals surface area contributed by atoms with Gasteiger partial charge in [0.2, 0.25) is 5.82 Å². The van der Waals surface area contributed by atoms with E-state index in [1.807, 2.05) is 77.7 Å². The zero-order valence-corrected chi connectivity index (χ0v) is 17.2. The third-order valence-corrected chi connectivity index (χ3v) is 6.11. The highest BCUT2D eigenvalue weighted by Crippen LogP contribution is 2.43. The smallest absolute Gasteiger partial charge is 0.259 e. The fourth-order valence-corrected chi connectivity index (χ4v) is 4.67. The summed E-state index contributed by atoms with van der Waals surface area (Å²) in [6.45, 7) is 2.75. The van der Waals surface area contributed by atoms with E-state index in [2.05, 4.69) is 17.1 Å². The standard InChI is InChI=1S/C24H19N3O2S/c1-2-14-27-19-13-12-17(22-25-23(29-26-22)16-8-4-3-5-9-16)15-21(19)30-20-11-7-6-10-18(20)24(27)28/h3-13,15H,2,14H2,1H3. The highest BCUT2D eigenvalue weighted by atomic mass is 32.2. The molecule has 0 unspecified atom stereocenters. The second kappa shape index (κ2) is 7.80. The number of carbonyl (C=O) groups is 1. The Labute approximate surface area is 178 Å². The van der Waals surface area contributed by atoms with Crippen molar-refractivity contribution in [2.75, 3.05) is 11.4 Å². The Balaban J connectivity index is 1.57. The molecule has 30 heavy (non-hydrogen) atoms. The molecule has 0 aliphatic carbocycles. The highest BCUT2D eigenvalue weighted by molar-refractivity contribution is 7.99. The average molecular weight is 414 g/mol. The lowest BCUT2D eigenvalue weighted by molar-refractivity contribution is 0.0984. The fourth-order valence-electron chi connectivity index (χ4n) is 3.55. The van der Waals surface area contributed by atoms with Crippen LogP contribution in [0, 0.1) is 0 Å². The maximum Gasteiger partial charge on any atom is 0.259 e. The molecule has 4 aromatic rings. The predicted octanol–water partition coefficient (Wildman–Crippen LogP) is 5.93. The van der Waals surface area contributed by atoms with Gasteiger partial charge in [-0.2, -0.15) is 4.98 Å². The van der Waals surface area contributed by atoms with Gasteiger partial charge in [-0.15, -0.1) is 0 Å². The molecule has 1 amide bonds. The van der Waals surface area contributed by atoms with Gasteiger partial charge in [-0.1, -0.05) is 54.2 Å². The minimum absolute atomic E-state index is 0.0392. The maximum absolute atomic E-state index is 13.2. The number of rotatable bonds is 4. The molecule has 6 heteroatoms. The van der Waals surface area contributed by atoms with Crippen molar-refractivity contribution in [1.82, 2.24) is 10.1 Å². The number of nitrogens with zero attached hydrogens (tertiary/aromatic N) is 3.